The first-order valence-corrected chi connectivity index (χ1v) is 6.83. The van der Waals surface area contributed by atoms with E-state index in [-0.39, 0.29) is 0 Å². The van der Waals surface area contributed by atoms with E-state index in [1.165, 1.54) is 16.6 Å². The zero-order chi connectivity index (χ0) is 14.3. The SMILES string of the molecule is Cc1cnc(Cn2c(C)cc3ccccc32)c(C)c1N. The monoisotopic (exact) mass is 265 g/mol. The Labute approximate surface area is 119 Å². The lowest BCUT2D eigenvalue weighted by atomic mass is 10.1. The molecule has 2 N–H and O–H groups in total. The molecule has 3 rings (SSSR count). The normalized spacial score (nSPS) is 11.2. The highest BCUT2D eigenvalue weighted by molar-refractivity contribution is 5.81. The highest BCUT2D eigenvalue weighted by Crippen LogP contribution is 2.23. The van der Waals surface area contributed by atoms with Crippen molar-refractivity contribution in [3.8, 4) is 0 Å². The molecule has 2 heterocycles. The predicted molar refractivity (Wildman–Crippen MR) is 83.9 cm³/mol. The third-order valence-corrected chi connectivity index (χ3v) is 4.00. The van der Waals surface area contributed by atoms with Crippen molar-refractivity contribution in [2.24, 2.45) is 0 Å². The molecule has 2 aromatic heterocycles. The Bertz CT molecular complexity index is 784. The molecule has 3 aromatic rings. The molecule has 0 spiro atoms. The lowest BCUT2D eigenvalue weighted by Crippen LogP contribution is -2.08. The molecule has 3 heteroatoms. The number of fused-ring (bicyclic) bond motifs is 1. The molecule has 0 amide bonds. The summed E-state index contributed by atoms with van der Waals surface area (Å²) in [7, 11) is 0. The second-order valence-electron chi connectivity index (χ2n) is 5.36. The zero-order valence-electron chi connectivity index (χ0n) is 12.1. The first-order valence-electron chi connectivity index (χ1n) is 6.83. The number of nitrogens with two attached hydrogens (primary N) is 1. The van der Waals surface area contributed by atoms with Gasteiger partial charge in [0.25, 0.3) is 0 Å². The molecule has 102 valence electrons. The second kappa shape index (κ2) is 4.67. The lowest BCUT2D eigenvalue weighted by Gasteiger charge is -2.13. The summed E-state index contributed by atoms with van der Waals surface area (Å²) in [6.45, 7) is 6.93. The summed E-state index contributed by atoms with van der Waals surface area (Å²) < 4.78 is 2.29. The van der Waals surface area contributed by atoms with Gasteiger partial charge in [-0.25, -0.2) is 0 Å². The number of nitrogen functional groups attached to an aromatic ring is 1. The van der Waals surface area contributed by atoms with Crippen LogP contribution in [0.5, 0.6) is 0 Å². The average Bonchev–Trinajstić information content (AvgIpc) is 2.76. The van der Waals surface area contributed by atoms with Crippen LogP contribution in [0.15, 0.2) is 36.5 Å². The molecule has 0 fully saturated rings. The molecule has 1 aromatic carbocycles. The molecule has 0 atom stereocenters. The van der Waals surface area contributed by atoms with E-state index in [4.69, 9.17) is 5.73 Å². The summed E-state index contributed by atoms with van der Waals surface area (Å²) in [6.07, 6.45) is 1.86. The van der Waals surface area contributed by atoms with Gasteiger partial charge in [-0.05, 0) is 49.4 Å². The molecule has 0 radical (unpaired) electrons. The van der Waals surface area contributed by atoms with E-state index >= 15 is 0 Å². The van der Waals surface area contributed by atoms with Crippen molar-refractivity contribution in [3.05, 3.63) is 59.0 Å². The molecule has 0 bridgehead atoms. The van der Waals surface area contributed by atoms with Crippen molar-refractivity contribution in [3.63, 3.8) is 0 Å². The largest absolute Gasteiger partial charge is 0.398 e. The van der Waals surface area contributed by atoms with E-state index in [0.29, 0.717) is 0 Å². The Morgan fingerprint density at radius 1 is 1.15 bits per heavy atom. The fourth-order valence-corrected chi connectivity index (χ4v) is 2.66. The Balaban J connectivity index is 2.10. The van der Waals surface area contributed by atoms with Gasteiger partial charge in [0.15, 0.2) is 0 Å². The fraction of sp³-hybridized carbons (Fsp3) is 0.235. The maximum Gasteiger partial charge on any atom is 0.0654 e. The number of pyridine rings is 1. The van der Waals surface area contributed by atoms with Gasteiger partial charge in [0, 0.05) is 23.1 Å². The highest BCUT2D eigenvalue weighted by Gasteiger charge is 2.10. The number of hydrogen-bond donors (Lipinski definition) is 1. The molecule has 0 saturated heterocycles. The minimum absolute atomic E-state index is 0.760. The van der Waals surface area contributed by atoms with Crippen LogP contribution in [-0.4, -0.2) is 9.55 Å². The van der Waals surface area contributed by atoms with Crippen LogP contribution < -0.4 is 5.73 Å². The van der Waals surface area contributed by atoms with Crippen molar-refractivity contribution in [2.45, 2.75) is 27.3 Å². The van der Waals surface area contributed by atoms with Crippen LogP contribution in [-0.2, 0) is 6.54 Å². The summed E-state index contributed by atoms with van der Waals surface area (Å²) in [6, 6.07) is 10.6. The van der Waals surface area contributed by atoms with Crippen molar-refractivity contribution < 1.29 is 0 Å². The van der Waals surface area contributed by atoms with Crippen molar-refractivity contribution in [1.29, 1.82) is 0 Å². The Kier molecular flexibility index (Phi) is 2.97. The molecular formula is C17H19N3. The van der Waals surface area contributed by atoms with Gasteiger partial charge in [-0.2, -0.15) is 0 Å². The second-order valence-corrected chi connectivity index (χ2v) is 5.36. The fourth-order valence-electron chi connectivity index (χ4n) is 2.66. The van der Waals surface area contributed by atoms with Gasteiger partial charge >= 0.3 is 0 Å². The van der Waals surface area contributed by atoms with Crippen LogP contribution in [0.3, 0.4) is 0 Å². The van der Waals surface area contributed by atoms with Gasteiger partial charge in [0.05, 0.1) is 12.2 Å². The van der Waals surface area contributed by atoms with Crippen LogP contribution in [0, 0.1) is 20.8 Å². The van der Waals surface area contributed by atoms with Crippen LogP contribution in [0.2, 0.25) is 0 Å². The van der Waals surface area contributed by atoms with E-state index in [1.807, 2.05) is 20.0 Å². The van der Waals surface area contributed by atoms with Crippen LogP contribution in [0.25, 0.3) is 10.9 Å². The number of benzene rings is 1. The minimum atomic E-state index is 0.760. The van der Waals surface area contributed by atoms with Crippen LogP contribution in [0.1, 0.15) is 22.5 Å². The Morgan fingerprint density at radius 3 is 2.70 bits per heavy atom. The maximum absolute atomic E-state index is 6.11. The van der Waals surface area contributed by atoms with Gasteiger partial charge < -0.3 is 10.3 Å². The van der Waals surface area contributed by atoms with Gasteiger partial charge in [-0.1, -0.05) is 18.2 Å². The van der Waals surface area contributed by atoms with E-state index in [9.17, 15) is 0 Å². The van der Waals surface area contributed by atoms with Crippen molar-refractivity contribution in [1.82, 2.24) is 9.55 Å². The first kappa shape index (κ1) is 12.7. The summed E-state index contributed by atoms with van der Waals surface area (Å²) in [5.74, 6) is 0. The summed E-state index contributed by atoms with van der Waals surface area (Å²) >= 11 is 0. The smallest absolute Gasteiger partial charge is 0.0654 e. The number of aryl methyl sites for hydroxylation is 2. The number of anilines is 1. The topological polar surface area (TPSA) is 43.8 Å². The molecule has 0 saturated carbocycles. The van der Waals surface area contributed by atoms with Gasteiger partial charge in [0.1, 0.15) is 0 Å². The third-order valence-electron chi connectivity index (χ3n) is 4.00. The number of nitrogens with zero attached hydrogens (tertiary/aromatic N) is 2. The van der Waals surface area contributed by atoms with Crippen LogP contribution >= 0.6 is 0 Å². The highest BCUT2D eigenvalue weighted by atomic mass is 15.0. The number of para-hydroxylation sites is 1. The first-order chi connectivity index (χ1) is 9.58. The minimum Gasteiger partial charge on any atom is -0.398 e. The summed E-state index contributed by atoms with van der Waals surface area (Å²) in [4.78, 5) is 4.56. The average molecular weight is 265 g/mol. The molecular weight excluding hydrogens is 246 g/mol. The van der Waals surface area contributed by atoms with Gasteiger partial charge in [-0.3, -0.25) is 4.98 Å². The molecule has 0 aliphatic rings. The van der Waals surface area contributed by atoms with E-state index in [2.05, 4.69) is 46.8 Å². The standard InChI is InChI=1S/C17H19N3/c1-11-9-19-15(13(3)17(11)18)10-20-12(2)8-14-6-4-5-7-16(14)20/h4-9H,10H2,1-3H3,(H2,18,19). The maximum atomic E-state index is 6.11. The summed E-state index contributed by atoms with van der Waals surface area (Å²) in [5.41, 5.74) is 12.6. The van der Waals surface area contributed by atoms with E-state index < -0.39 is 0 Å². The Morgan fingerprint density at radius 2 is 1.90 bits per heavy atom. The third kappa shape index (κ3) is 1.95. The number of hydrogen-bond acceptors (Lipinski definition) is 2. The molecule has 0 aliphatic carbocycles. The zero-order valence-corrected chi connectivity index (χ0v) is 12.1. The molecule has 20 heavy (non-hydrogen) atoms. The van der Waals surface area contributed by atoms with E-state index in [0.717, 1.165) is 29.1 Å². The molecule has 0 aliphatic heterocycles. The van der Waals surface area contributed by atoms with E-state index in [1.54, 1.807) is 0 Å². The van der Waals surface area contributed by atoms with Crippen molar-refractivity contribution in [2.75, 3.05) is 5.73 Å². The molecule has 3 nitrogen and oxygen atoms in total. The van der Waals surface area contributed by atoms with Crippen molar-refractivity contribution >= 4 is 16.6 Å². The lowest BCUT2D eigenvalue weighted by molar-refractivity contribution is 0.773. The number of aromatic nitrogens is 2. The number of rotatable bonds is 2. The van der Waals surface area contributed by atoms with Crippen LogP contribution in [0.4, 0.5) is 5.69 Å². The quantitative estimate of drug-likeness (QED) is 0.769. The molecule has 0 unspecified atom stereocenters. The Hall–Kier alpha value is -2.29. The summed E-state index contributed by atoms with van der Waals surface area (Å²) in [5, 5.41) is 1.27. The van der Waals surface area contributed by atoms with Gasteiger partial charge in [0.2, 0.25) is 0 Å². The van der Waals surface area contributed by atoms with Gasteiger partial charge in [-0.15, -0.1) is 0 Å². The predicted octanol–water partition coefficient (Wildman–Crippen LogP) is 3.59.